The van der Waals surface area contributed by atoms with Crippen molar-refractivity contribution in [1.82, 2.24) is 19.6 Å². The Kier molecular flexibility index (Phi) is 3.87. The lowest BCUT2D eigenvalue weighted by atomic mass is 10.2. The third-order valence-electron chi connectivity index (χ3n) is 3.28. The van der Waals surface area contributed by atoms with Crippen LogP contribution < -0.4 is 0 Å². The summed E-state index contributed by atoms with van der Waals surface area (Å²) in [5, 5.41) is 10.3. The van der Waals surface area contributed by atoms with Gasteiger partial charge in [0.25, 0.3) is 0 Å². The summed E-state index contributed by atoms with van der Waals surface area (Å²) in [5.74, 6) is 0.892. The summed E-state index contributed by atoms with van der Waals surface area (Å²) in [4.78, 5) is 4.48. The van der Waals surface area contributed by atoms with Gasteiger partial charge < -0.3 is 0 Å². The van der Waals surface area contributed by atoms with Crippen LogP contribution in [-0.2, 0) is 0 Å². The number of fused-ring (bicyclic) bond motifs is 1. The average molecular weight is 319 g/mol. The highest BCUT2D eigenvalue weighted by atomic mass is 35.5. The molecule has 0 radical (unpaired) electrons. The van der Waals surface area contributed by atoms with Crippen molar-refractivity contribution in [3.8, 4) is 0 Å². The van der Waals surface area contributed by atoms with E-state index in [2.05, 4.69) is 22.1 Å². The Hall–Kier alpha value is -1.59. The summed E-state index contributed by atoms with van der Waals surface area (Å²) >= 11 is 7.89. The van der Waals surface area contributed by atoms with Gasteiger partial charge in [-0.15, -0.1) is 10.2 Å². The van der Waals surface area contributed by atoms with E-state index >= 15 is 0 Å². The van der Waals surface area contributed by atoms with Crippen LogP contribution in [0.15, 0.2) is 35.5 Å². The molecular weight excluding hydrogens is 304 g/mol. The van der Waals surface area contributed by atoms with Crippen LogP contribution in [0, 0.1) is 13.8 Å². The average Bonchev–Trinajstić information content (AvgIpc) is 2.82. The van der Waals surface area contributed by atoms with E-state index in [-0.39, 0.29) is 5.25 Å². The van der Waals surface area contributed by atoms with Crippen LogP contribution in [0.3, 0.4) is 0 Å². The third kappa shape index (κ3) is 2.76. The Balaban J connectivity index is 1.97. The van der Waals surface area contributed by atoms with E-state index in [1.165, 1.54) is 0 Å². The second kappa shape index (κ2) is 5.66. The smallest absolute Gasteiger partial charge is 0.197 e. The lowest BCUT2D eigenvalue weighted by Crippen LogP contribution is -2.00. The molecule has 4 nitrogen and oxygen atoms in total. The van der Waals surface area contributed by atoms with Gasteiger partial charge in [0.05, 0.1) is 0 Å². The second-order valence-corrected chi connectivity index (χ2v) is 6.62. The predicted octanol–water partition coefficient (Wildman–Crippen LogP) is 4.25. The second-order valence-electron chi connectivity index (χ2n) is 4.90. The molecule has 0 bridgehead atoms. The lowest BCUT2D eigenvalue weighted by Gasteiger charge is -2.12. The molecule has 0 amide bonds. The van der Waals surface area contributed by atoms with Crippen LogP contribution in [0.25, 0.3) is 5.65 Å². The summed E-state index contributed by atoms with van der Waals surface area (Å²) in [6.45, 7) is 6.04. The molecular formula is C15H15ClN4S. The number of hydrogen-bond donors (Lipinski definition) is 0. The molecule has 21 heavy (non-hydrogen) atoms. The maximum Gasteiger partial charge on any atom is 0.197 e. The Labute approximate surface area is 132 Å². The molecule has 6 heteroatoms. The minimum absolute atomic E-state index is 0.187. The van der Waals surface area contributed by atoms with Crippen molar-refractivity contribution in [3.63, 3.8) is 0 Å². The molecule has 1 aromatic carbocycles. The van der Waals surface area contributed by atoms with Gasteiger partial charge >= 0.3 is 0 Å². The number of aryl methyl sites for hydroxylation is 2. The molecule has 2 aromatic heterocycles. The summed E-state index contributed by atoms with van der Waals surface area (Å²) in [5.41, 5.74) is 2.87. The van der Waals surface area contributed by atoms with E-state index in [1.807, 2.05) is 48.6 Å². The van der Waals surface area contributed by atoms with Crippen molar-refractivity contribution in [1.29, 1.82) is 0 Å². The standard InChI is InChI=1S/C15H15ClN4S/c1-9-8-14-18-19-15(20(14)11(3)17-9)21-10(2)12-6-4-5-7-13(12)16/h4-8,10H,1-3H3. The molecule has 0 aliphatic carbocycles. The molecule has 0 saturated carbocycles. The molecule has 0 saturated heterocycles. The minimum Gasteiger partial charge on any atom is -0.258 e. The van der Waals surface area contributed by atoms with Crippen LogP contribution in [0.4, 0.5) is 0 Å². The molecule has 0 N–H and O–H groups in total. The number of halogens is 1. The molecule has 1 unspecified atom stereocenters. The van der Waals surface area contributed by atoms with Gasteiger partial charge in [-0.25, -0.2) is 4.98 Å². The topological polar surface area (TPSA) is 43.1 Å². The molecule has 1 atom stereocenters. The van der Waals surface area contributed by atoms with E-state index in [9.17, 15) is 0 Å². The monoisotopic (exact) mass is 318 g/mol. The highest BCUT2D eigenvalue weighted by molar-refractivity contribution is 7.99. The fraction of sp³-hybridized carbons (Fsp3) is 0.267. The fourth-order valence-corrected chi connectivity index (χ4v) is 3.74. The Morgan fingerprint density at radius 2 is 1.95 bits per heavy atom. The molecule has 108 valence electrons. The zero-order chi connectivity index (χ0) is 15.0. The Bertz CT molecular complexity index is 799. The molecule has 3 aromatic rings. The number of thioether (sulfide) groups is 1. The maximum absolute atomic E-state index is 6.26. The molecule has 3 rings (SSSR count). The van der Waals surface area contributed by atoms with E-state index in [0.717, 1.165) is 32.9 Å². The number of rotatable bonds is 3. The van der Waals surface area contributed by atoms with Crippen molar-refractivity contribution in [2.24, 2.45) is 0 Å². The predicted molar refractivity (Wildman–Crippen MR) is 86.0 cm³/mol. The fourth-order valence-electron chi connectivity index (χ4n) is 2.31. The summed E-state index contributed by atoms with van der Waals surface area (Å²) in [7, 11) is 0. The van der Waals surface area contributed by atoms with Crippen molar-refractivity contribution in [2.45, 2.75) is 31.2 Å². The number of hydrogen-bond acceptors (Lipinski definition) is 4. The zero-order valence-corrected chi connectivity index (χ0v) is 13.6. The van der Waals surface area contributed by atoms with E-state index < -0.39 is 0 Å². The van der Waals surface area contributed by atoms with Gasteiger partial charge in [0.2, 0.25) is 0 Å². The first kappa shape index (κ1) is 14.4. The van der Waals surface area contributed by atoms with Crippen molar-refractivity contribution >= 4 is 29.0 Å². The van der Waals surface area contributed by atoms with Gasteiger partial charge in [-0.3, -0.25) is 4.40 Å². The normalized spacial score (nSPS) is 12.8. The van der Waals surface area contributed by atoms with Gasteiger partial charge in [0.1, 0.15) is 5.82 Å². The molecule has 0 spiro atoms. The number of aromatic nitrogens is 4. The minimum atomic E-state index is 0.187. The lowest BCUT2D eigenvalue weighted by molar-refractivity contribution is 0.849. The first-order valence-corrected chi connectivity index (χ1v) is 7.92. The van der Waals surface area contributed by atoms with Crippen LogP contribution in [0.5, 0.6) is 0 Å². The highest BCUT2D eigenvalue weighted by Gasteiger charge is 2.16. The van der Waals surface area contributed by atoms with Crippen LogP contribution >= 0.6 is 23.4 Å². The van der Waals surface area contributed by atoms with Crippen LogP contribution in [-0.4, -0.2) is 19.6 Å². The van der Waals surface area contributed by atoms with E-state index in [4.69, 9.17) is 11.6 Å². The van der Waals surface area contributed by atoms with Gasteiger partial charge in [0.15, 0.2) is 10.8 Å². The highest BCUT2D eigenvalue weighted by Crippen LogP contribution is 2.37. The van der Waals surface area contributed by atoms with Crippen LogP contribution in [0.2, 0.25) is 5.02 Å². The zero-order valence-electron chi connectivity index (χ0n) is 12.0. The number of benzene rings is 1. The SMILES string of the molecule is Cc1cc2nnc(SC(C)c3ccccc3Cl)n2c(C)n1. The van der Waals surface area contributed by atoms with Gasteiger partial charge in [-0.1, -0.05) is 41.6 Å². The van der Waals surface area contributed by atoms with Crippen LogP contribution in [0.1, 0.15) is 29.3 Å². The summed E-state index contributed by atoms with van der Waals surface area (Å²) < 4.78 is 1.98. The first-order chi connectivity index (χ1) is 10.1. The largest absolute Gasteiger partial charge is 0.258 e. The first-order valence-electron chi connectivity index (χ1n) is 6.66. The molecule has 0 aliphatic rings. The molecule has 2 heterocycles. The van der Waals surface area contributed by atoms with Crippen molar-refractivity contribution < 1.29 is 0 Å². The summed E-state index contributed by atoms with van der Waals surface area (Å²) in [6.07, 6.45) is 0. The molecule has 0 fully saturated rings. The van der Waals surface area contributed by atoms with Crippen molar-refractivity contribution in [2.75, 3.05) is 0 Å². The van der Waals surface area contributed by atoms with E-state index in [0.29, 0.717) is 0 Å². The van der Waals surface area contributed by atoms with Gasteiger partial charge in [-0.05, 0) is 32.4 Å². The third-order valence-corrected chi connectivity index (χ3v) is 4.71. The summed E-state index contributed by atoms with van der Waals surface area (Å²) in [6, 6.07) is 9.82. The quantitative estimate of drug-likeness (QED) is 0.677. The van der Waals surface area contributed by atoms with Crippen molar-refractivity contribution in [3.05, 3.63) is 52.4 Å². The van der Waals surface area contributed by atoms with Gasteiger partial charge in [0, 0.05) is 22.0 Å². The molecule has 0 aliphatic heterocycles. The van der Waals surface area contributed by atoms with E-state index in [1.54, 1.807) is 11.8 Å². The maximum atomic E-state index is 6.26. The Morgan fingerprint density at radius 1 is 1.19 bits per heavy atom. The number of nitrogens with zero attached hydrogens (tertiary/aromatic N) is 4. The van der Waals surface area contributed by atoms with Gasteiger partial charge in [-0.2, -0.15) is 0 Å². The Morgan fingerprint density at radius 3 is 2.71 bits per heavy atom.